The number of benzene rings is 1. The summed E-state index contributed by atoms with van der Waals surface area (Å²) < 4.78 is 4.89. The molecule has 2 aromatic rings. The van der Waals surface area contributed by atoms with Crippen LogP contribution in [0, 0.1) is 0 Å². The molecule has 1 aliphatic heterocycles. The number of rotatable bonds is 6. The number of nitrogens with one attached hydrogen (secondary N) is 1. The van der Waals surface area contributed by atoms with Crippen LogP contribution in [0.2, 0.25) is 5.02 Å². The summed E-state index contributed by atoms with van der Waals surface area (Å²) in [6, 6.07) is 7.26. The van der Waals surface area contributed by atoms with Crippen LogP contribution >= 0.6 is 22.9 Å². The van der Waals surface area contributed by atoms with Crippen LogP contribution in [0.5, 0.6) is 0 Å². The minimum Gasteiger partial charge on any atom is -0.466 e. The fraction of sp³-hybridized carbons (Fsp3) is 0.333. The Bertz CT molecular complexity index is 898. The second kappa shape index (κ2) is 8.06. The van der Waals surface area contributed by atoms with E-state index in [0.29, 0.717) is 28.2 Å². The van der Waals surface area contributed by atoms with Crippen molar-refractivity contribution in [3.63, 3.8) is 0 Å². The van der Waals surface area contributed by atoms with Crippen LogP contribution < -0.4 is 5.32 Å². The van der Waals surface area contributed by atoms with Crippen LogP contribution in [0.4, 0.5) is 5.13 Å². The van der Waals surface area contributed by atoms with Gasteiger partial charge in [-0.05, 0) is 19.9 Å². The van der Waals surface area contributed by atoms with Crippen LogP contribution in [0.25, 0.3) is 0 Å². The summed E-state index contributed by atoms with van der Waals surface area (Å²) in [6.07, 6.45) is 0.345. The topological polar surface area (TPSA) is 89.9 Å². The Morgan fingerprint density at radius 2 is 2.19 bits per heavy atom. The summed E-state index contributed by atoms with van der Waals surface area (Å²) in [6.45, 7) is 3.71. The lowest BCUT2D eigenvalue weighted by Crippen LogP contribution is -2.40. The summed E-state index contributed by atoms with van der Waals surface area (Å²) in [4.78, 5) is 33.8. The number of carbonyl (C=O) groups is 2. The van der Waals surface area contributed by atoms with Gasteiger partial charge in [0.1, 0.15) is 0 Å². The fourth-order valence-corrected chi connectivity index (χ4v) is 3.49. The van der Waals surface area contributed by atoms with Gasteiger partial charge in [0.2, 0.25) is 5.60 Å². The van der Waals surface area contributed by atoms with Crippen LogP contribution in [0.3, 0.4) is 0 Å². The molecule has 0 unspecified atom stereocenters. The lowest BCUT2D eigenvalue weighted by atomic mass is 9.95. The van der Waals surface area contributed by atoms with Crippen molar-refractivity contribution in [2.45, 2.75) is 32.3 Å². The summed E-state index contributed by atoms with van der Waals surface area (Å²) in [5.74, 6) is -0.727. The molecule has 1 atom stereocenters. The summed E-state index contributed by atoms with van der Waals surface area (Å²) in [7, 11) is 0. The first-order chi connectivity index (χ1) is 12.9. The number of thiazole rings is 1. The SMILES string of the molecule is CCOC(=O)Cc1csc(NC(=O)[C@@]2(C)CC(c3ccccc3Cl)=NO2)n1. The number of hydrogen-bond donors (Lipinski definition) is 1. The molecular weight excluding hydrogens is 390 g/mol. The number of ether oxygens (including phenoxy) is 1. The van der Waals surface area contributed by atoms with Gasteiger partial charge in [0.25, 0.3) is 5.91 Å². The monoisotopic (exact) mass is 407 g/mol. The Hall–Kier alpha value is -2.45. The average molecular weight is 408 g/mol. The van der Waals surface area contributed by atoms with E-state index in [1.54, 1.807) is 25.3 Å². The number of esters is 1. The van der Waals surface area contributed by atoms with Gasteiger partial charge in [-0.2, -0.15) is 0 Å². The Labute approximate surface area is 165 Å². The smallest absolute Gasteiger partial charge is 0.311 e. The number of hydrogen-bond acceptors (Lipinski definition) is 7. The van der Waals surface area contributed by atoms with Crippen molar-refractivity contribution in [2.24, 2.45) is 5.16 Å². The number of oxime groups is 1. The molecule has 9 heteroatoms. The first-order valence-electron chi connectivity index (χ1n) is 8.32. The standard InChI is InChI=1S/C18H18ClN3O4S/c1-3-25-15(23)8-11-10-27-17(20-11)21-16(24)18(2)9-14(22-26-18)12-6-4-5-7-13(12)19/h4-7,10H,3,8-9H2,1-2H3,(H,20,21,24)/t18-/m1/s1. The van der Waals surface area contributed by atoms with Gasteiger partial charge in [0.05, 0.1) is 24.4 Å². The number of aromatic nitrogens is 1. The minimum atomic E-state index is -1.17. The van der Waals surface area contributed by atoms with E-state index in [4.69, 9.17) is 21.2 Å². The molecule has 0 saturated carbocycles. The second-order valence-corrected chi connectivity index (χ2v) is 7.36. The number of anilines is 1. The number of nitrogens with zero attached hydrogens (tertiary/aromatic N) is 2. The van der Waals surface area contributed by atoms with Gasteiger partial charge in [-0.15, -0.1) is 11.3 Å². The lowest BCUT2D eigenvalue weighted by Gasteiger charge is -2.19. The molecule has 0 bridgehead atoms. The summed E-state index contributed by atoms with van der Waals surface area (Å²) in [5.41, 5.74) is 0.725. The first-order valence-corrected chi connectivity index (χ1v) is 9.58. The highest BCUT2D eigenvalue weighted by Gasteiger charge is 2.43. The van der Waals surface area contributed by atoms with Crippen molar-refractivity contribution < 1.29 is 19.2 Å². The molecule has 142 valence electrons. The van der Waals surface area contributed by atoms with Crippen LogP contribution in [0.1, 0.15) is 31.5 Å². The number of amides is 1. The Balaban J connectivity index is 1.63. The van der Waals surface area contributed by atoms with Gasteiger partial charge in [0.15, 0.2) is 5.13 Å². The Kier molecular flexibility index (Phi) is 5.76. The normalized spacial score (nSPS) is 18.6. The maximum Gasteiger partial charge on any atom is 0.311 e. The molecule has 0 spiro atoms. The van der Waals surface area contributed by atoms with Gasteiger partial charge in [-0.25, -0.2) is 4.98 Å². The maximum atomic E-state index is 12.7. The predicted octanol–water partition coefficient (Wildman–Crippen LogP) is 3.42. The van der Waals surface area contributed by atoms with E-state index in [1.165, 1.54) is 11.3 Å². The lowest BCUT2D eigenvalue weighted by molar-refractivity contribution is -0.142. The van der Waals surface area contributed by atoms with Crippen molar-refractivity contribution in [3.8, 4) is 0 Å². The maximum absolute atomic E-state index is 12.7. The van der Waals surface area contributed by atoms with Crippen molar-refractivity contribution in [1.82, 2.24) is 4.98 Å². The van der Waals surface area contributed by atoms with Gasteiger partial charge in [0, 0.05) is 22.4 Å². The van der Waals surface area contributed by atoms with E-state index in [1.807, 2.05) is 18.2 Å². The fourth-order valence-electron chi connectivity index (χ4n) is 2.54. The van der Waals surface area contributed by atoms with Crippen LogP contribution in [-0.4, -0.2) is 34.8 Å². The average Bonchev–Trinajstić information content (AvgIpc) is 3.23. The van der Waals surface area contributed by atoms with Crippen molar-refractivity contribution in [1.29, 1.82) is 0 Å². The molecule has 2 heterocycles. The zero-order valence-electron chi connectivity index (χ0n) is 14.8. The molecule has 1 aromatic carbocycles. The van der Waals surface area contributed by atoms with Crippen molar-refractivity contribution in [2.75, 3.05) is 11.9 Å². The van der Waals surface area contributed by atoms with E-state index in [9.17, 15) is 9.59 Å². The molecule has 7 nitrogen and oxygen atoms in total. The van der Waals surface area contributed by atoms with E-state index in [2.05, 4.69) is 15.5 Å². The van der Waals surface area contributed by atoms with Crippen molar-refractivity contribution >= 4 is 45.7 Å². The Morgan fingerprint density at radius 1 is 1.41 bits per heavy atom. The van der Waals surface area contributed by atoms with E-state index in [-0.39, 0.29) is 24.7 Å². The molecular formula is C18H18ClN3O4S. The third-order valence-corrected chi connectivity index (χ3v) is 5.07. The highest BCUT2D eigenvalue weighted by Crippen LogP contribution is 2.30. The second-order valence-electron chi connectivity index (χ2n) is 6.10. The highest BCUT2D eigenvalue weighted by atomic mass is 35.5. The van der Waals surface area contributed by atoms with Gasteiger partial charge >= 0.3 is 5.97 Å². The molecule has 0 aliphatic carbocycles. The molecule has 3 rings (SSSR count). The zero-order valence-corrected chi connectivity index (χ0v) is 16.4. The third kappa shape index (κ3) is 4.45. The van der Waals surface area contributed by atoms with E-state index >= 15 is 0 Å². The van der Waals surface area contributed by atoms with Gasteiger partial charge in [-0.3, -0.25) is 14.9 Å². The zero-order chi connectivity index (χ0) is 19.4. The van der Waals surface area contributed by atoms with Gasteiger partial charge < -0.3 is 9.57 Å². The largest absolute Gasteiger partial charge is 0.466 e. The number of halogens is 1. The van der Waals surface area contributed by atoms with Crippen molar-refractivity contribution in [3.05, 3.63) is 45.9 Å². The van der Waals surface area contributed by atoms with E-state index < -0.39 is 5.60 Å². The van der Waals surface area contributed by atoms with E-state index in [0.717, 1.165) is 5.56 Å². The molecule has 0 fully saturated rings. The summed E-state index contributed by atoms with van der Waals surface area (Å²) >= 11 is 7.42. The molecule has 1 aliphatic rings. The van der Waals surface area contributed by atoms with Crippen LogP contribution in [0.15, 0.2) is 34.8 Å². The molecule has 27 heavy (non-hydrogen) atoms. The highest BCUT2D eigenvalue weighted by molar-refractivity contribution is 7.14. The Morgan fingerprint density at radius 3 is 2.93 bits per heavy atom. The molecule has 0 saturated heterocycles. The molecule has 1 amide bonds. The quantitative estimate of drug-likeness (QED) is 0.741. The number of carbonyl (C=O) groups excluding carboxylic acids is 2. The van der Waals surface area contributed by atoms with Crippen LogP contribution in [-0.2, 0) is 25.6 Å². The molecule has 0 radical (unpaired) electrons. The summed E-state index contributed by atoms with van der Waals surface area (Å²) in [5, 5.41) is 9.40. The molecule has 1 aromatic heterocycles. The van der Waals surface area contributed by atoms with Gasteiger partial charge in [-0.1, -0.05) is 35.0 Å². The molecule has 1 N–H and O–H groups in total. The third-order valence-electron chi connectivity index (χ3n) is 3.93. The minimum absolute atomic E-state index is 0.0632. The predicted molar refractivity (Wildman–Crippen MR) is 103 cm³/mol. The first kappa shape index (κ1) is 19.3.